The van der Waals surface area contributed by atoms with E-state index in [0.717, 1.165) is 33.6 Å². The lowest BCUT2D eigenvalue weighted by Crippen LogP contribution is -2.01. The van der Waals surface area contributed by atoms with Crippen LogP contribution in [0.4, 0.5) is 4.39 Å². The van der Waals surface area contributed by atoms with E-state index in [1.54, 1.807) is 25.3 Å². The smallest absolute Gasteiger partial charge is 0.130 e. The quantitative estimate of drug-likeness (QED) is 0.702. The zero-order valence-corrected chi connectivity index (χ0v) is 13.9. The molecule has 0 amide bonds. The number of nitrogens with zero attached hydrogens (tertiary/aromatic N) is 1. The molecule has 23 heavy (non-hydrogen) atoms. The number of nitriles is 1. The van der Waals surface area contributed by atoms with Gasteiger partial charge in [0.15, 0.2) is 0 Å². The molecular weight excluding hydrogens is 289 g/mol. The molecular formula is C20H20FNO. The molecule has 0 bridgehead atoms. The van der Waals surface area contributed by atoms with Gasteiger partial charge in [0.2, 0.25) is 0 Å². The molecule has 0 aliphatic carbocycles. The molecule has 2 aromatic rings. The predicted octanol–water partition coefficient (Wildman–Crippen LogP) is 5.47. The molecule has 0 spiro atoms. The van der Waals surface area contributed by atoms with Crippen molar-refractivity contribution in [1.29, 1.82) is 5.26 Å². The van der Waals surface area contributed by atoms with Crippen molar-refractivity contribution in [2.75, 3.05) is 7.11 Å². The molecule has 0 radical (unpaired) electrons. The Morgan fingerprint density at radius 1 is 1.22 bits per heavy atom. The van der Waals surface area contributed by atoms with E-state index in [0.29, 0.717) is 0 Å². The van der Waals surface area contributed by atoms with Crippen LogP contribution in [-0.2, 0) is 0 Å². The molecule has 0 N–H and O–H groups in total. The van der Waals surface area contributed by atoms with Crippen LogP contribution in [0.5, 0.6) is 5.75 Å². The third-order valence-electron chi connectivity index (χ3n) is 3.82. The van der Waals surface area contributed by atoms with Crippen LogP contribution in [-0.4, -0.2) is 7.11 Å². The van der Waals surface area contributed by atoms with E-state index in [4.69, 9.17) is 10.00 Å². The van der Waals surface area contributed by atoms with Gasteiger partial charge in [-0.15, -0.1) is 0 Å². The van der Waals surface area contributed by atoms with Crippen molar-refractivity contribution in [1.82, 2.24) is 0 Å². The molecule has 118 valence electrons. The van der Waals surface area contributed by atoms with Crippen molar-refractivity contribution >= 4 is 6.08 Å². The minimum atomic E-state index is -0.279. The summed E-state index contributed by atoms with van der Waals surface area (Å²) in [7, 11) is 1.63. The first-order valence-corrected chi connectivity index (χ1v) is 7.53. The van der Waals surface area contributed by atoms with Gasteiger partial charge in [-0.2, -0.15) is 5.26 Å². The maximum absolute atomic E-state index is 13.3. The molecule has 0 aromatic heterocycles. The minimum absolute atomic E-state index is 0.279. The zero-order chi connectivity index (χ0) is 17.0. The Morgan fingerprint density at radius 3 is 2.39 bits per heavy atom. The van der Waals surface area contributed by atoms with E-state index < -0.39 is 0 Å². The summed E-state index contributed by atoms with van der Waals surface area (Å²) in [4.78, 5) is 0. The Balaban J connectivity index is 2.86. The van der Waals surface area contributed by atoms with Crippen LogP contribution in [0.15, 0.2) is 36.4 Å². The molecule has 3 heteroatoms. The highest BCUT2D eigenvalue weighted by Gasteiger charge is 2.18. The number of benzene rings is 2. The molecule has 0 heterocycles. The minimum Gasteiger partial charge on any atom is -0.496 e. The van der Waals surface area contributed by atoms with Gasteiger partial charge in [-0.3, -0.25) is 0 Å². The lowest BCUT2D eigenvalue weighted by atomic mass is 9.87. The summed E-state index contributed by atoms with van der Waals surface area (Å²) in [6.45, 7) is 6.22. The van der Waals surface area contributed by atoms with Crippen LogP contribution in [0, 0.1) is 24.1 Å². The number of ether oxygens (including phenoxy) is 1. The summed E-state index contributed by atoms with van der Waals surface area (Å²) in [6.07, 6.45) is 3.26. The first-order valence-electron chi connectivity index (χ1n) is 7.53. The first kappa shape index (κ1) is 16.8. The monoisotopic (exact) mass is 309 g/mol. The fourth-order valence-corrected chi connectivity index (χ4v) is 2.78. The first-order chi connectivity index (χ1) is 11.0. The summed E-state index contributed by atoms with van der Waals surface area (Å²) in [5.41, 5.74) is 4.85. The van der Waals surface area contributed by atoms with Crippen molar-refractivity contribution in [3.05, 3.63) is 58.9 Å². The Morgan fingerprint density at radius 2 is 1.87 bits per heavy atom. The van der Waals surface area contributed by atoms with Gasteiger partial charge in [0.05, 0.1) is 13.2 Å². The van der Waals surface area contributed by atoms with Gasteiger partial charge < -0.3 is 4.74 Å². The standard InChI is InChI=1S/C20H20FNO/c1-13(2)18-12-14(3)20(23-4)19(17(18)6-5-11-22)15-7-9-16(21)10-8-15/h5-10,12-13H,1-4H3. The van der Waals surface area contributed by atoms with Crippen LogP contribution >= 0.6 is 0 Å². The second-order valence-electron chi connectivity index (χ2n) is 5.73. The third kappa shape index (κ3) is 3.43. The summed E-state index contributed by atoms with van der Waals surface area (Å²) in [5, 5.41) is 8.92. The van der Waals surface area contributed by atoms with Gasteiger partial charge >= 0.3 is 0 Å². The van der Waals surface area contributed by atoms with Crippen molar-refractivity contribution in [3.63, 3.8) is 0 Å². The van der Waals surface area contributed by atoms with Crippen molar-refractivity contribution in [3.8, 4) is 22.9 Å². The molecule has 0 aliphatic rings. The molecule has 0 saturated heterocycles. The molecule has 0 atom stereocenters. The third-order valence-corrected chi connectivity index (χ3v) is 3.82. The Labute approximate surface area is 136 Å². The fraction of sp³-hybridized carbons (Fsp3) is 0.250. The number of rotatable bonds is 4. The Kier molecular flexibility index (Phi) is 5.18. The van der Waals surface area contributed by atoms with Crippen molar-refractivity contribution < 1.29 is 9.13 Å². The van der Waals surface area contributed by atoms with Gasteiger partial charge in [0, 0.05) is 11.6 Å². The number of allylic oxidation sites excluding steroid dienone is 1. The molecule has 0 saturated carbocycles. The zero-order valence-electron chi connectivity index (χ0n) is 13.9. The maximum Gasteiger partial charge on any atom is 0.130 e. The van der Waals surface area contributed by atoms with E-state index in [2.05, 4.69) is 19.9 Å². The van der Waals surface area contributed by atoms with Gasteiger partial charge in [-0.05, 0) is 53.3 Å². The van der Waals surface area contributed by atoms with Crippen LogP contribution in [0.2, 0.25) is 0 Å². The Bertz CT molecular complexity index is 768. The summed E-state index contributed by atoms with van der Waals surface area (Å²) in [6, 6.07) is 10.5. The Hall–Kier alpha value is -2.60. The van der Waals surface area contributed by atoms with E-state index >= 15 is 0 Å². The SMILES string of the molecule is COc1c(C)cc(C(C)C)c(C=CC#N)c1-c1ccc(F)cc1. The second-order valence-corrected chi connectivity index (χ2v) is 5.73. The summed E-state index contributed by atoms with van der Waals surface area (Å²) < 4.78 is 18.9. The highest BCUT2D eigenvalue weighted by molar-refractivity contribution is 5.84. The van der Waals surface area contributed by atoms with Gasteiger partial charge in [0.1, 0.15) is 11.6 Å². The van der Waals surface area contributed by atoms with E-state index in [1.165, 1.54) is 18.2 Å². The number of hydrogen-bond donors (Lipinski definition) is 0. The highest BCUT2D eigenvalue weighted by Crippen LogP contribution is 2.41. The predicted molar refractivity (Wildman–Crippen MR) is 91.9 cm³/mol. The molecule has 2 nitrogen and oxygen atoms in total. The second kappa shape index (κ2) is 7.11. The van der Waals surface area contributed by atoms with Gasteiger partial charge in [0.25, 0.3) is 0 Å². The van der Waals surface area contributed by atoms with E-state index in [9.17, 15) is 4.39 Å². The van der Waals surface area contributed by atoms with Gasteiger partial charge in [-0.25, -0.2) is 4.39 Å². The summed E-state index contributed by atoms with van der Waals surface area (Å²) >= 11 is 0. The fourth-order valence-electron chi connectivity index (χ4n) is 2.78. The summed E-state index contributed by atoms with van der Waals surface area (Å²) in [5.74, 6) is 0.759. The van der Waals surface area contributed by atoms with Crippen LogP contribution in [0.3, 0.4) is 0 Å². The molecule has 0 unspecified atom stereocenters. The van der Waals surface area contributed by atoms with E-state index in [1.807, 2.05) is 13.0 Å². The molecule has 0 fully saturated rings. The lowest BCUT2D eigenvalue weighted by Gasteiger charge is -2.20. The number of methoxy groups -OCH3 is 1. The highest BCUT2D eigenvalue weighted by atomic mass is 19.1. The number of hydrogen-bond acceptors (Lipinski definition) is 2. The number of aryl methyl sites for hydroxylation is 1. The van der Waals surface area contributed by atoms with Crippen LogP contribution in [0.25, 0.3) is 17.2 Å². The van der Waals surface area contributed by atoms with Crippen LogP contribution in [0.1, 0.15) is 36.5 Å². The topological polar surface area (TPSA) is 33.0 Å². The lowest BCUT2D eigenvalue weighted by molar-refractivity contribution is 0.413. The van der Waals surface area contributed by atoms with E-state index in [-0.39, 0.29) is 11.7 Å². The maximum atomic E-state index is 13.3. The van der Waals surface area contributed by atoms with Crippen molar-refractivity contribution in [2.24, 2.45) is 0 Å². The largest absolute Gasteiger partial charge is 0.496 e. The van der Waals surface area contributed by atoms with Gasteiger partial charge in [-0.1, -0.05) is 32.0 Å². The van der Waals surface area contributed by atoms with Crippen molar-refractivity contribution in [2.45, 2.75) is 26.7 Å². The van der Waals surface area contributed by atoms with Crippen LogP contribution < -0.4 is 4.74 Å². The normalized spacial score (nSPS) is 11.0. The molecule has 2 aromatic carbocycles. The average Bonchev–Trinajstić information content (AvgIpc) is 2.53. The number of halogens is 1. The molecule has 2 rings (SSSR count). The average molecular weight is 309 g/mol. The molecule has 0 aliphatic heterocycles.